The van der Waals surface area contributed by atoms with Gasteiger partial charge in [0.1, 0.15) is 12.4 Å². The molecule has 0 heterocycles. The maximum Gasteiger partial charge on any atom is 0.306 e. The minimum atomic E-state index is -0.803. The van der Waals surface area contributed by atoms with Crippen LogP contribution in [0, 0.1) is 5.92 Å². The Bertz CT molecular complexity index is 238. The van der Waals surface area contributed by atoms with E-state index in [2.05, 4.69) is 0 Å². The van der Waals surface area contributed by atoms with E-state index in [1.165, 1.54) is 0 Å². The number of hydrogen-bond acceptors (Lipinski definition) is 5. The number of hydrogen-bond donors (Lipinski definition) is 2. The minimum absolute atomic E-state index is 0.233. The van der Waals surface area contributed by atoms with Crippen molar-refractivity contribution in [2.75, 3.05) is 13.2 Å². The Morgan fingerprint density at radius 3 is 2.37 bits per heavy atom. The van der Waals surface area contributed by atoms with Crippen LogP contribution in [0.15, 0.2) is 0 Å². The lowest BCUT2D eigenvalue weighted by atomic mass is 9.99. The van der Waals surface area contributed by atoms with Crippen molar-refractivity contribution >= 4 is 12.3 Å². The Hall–Kier alpha value is -0.940. The van der Waals surface area contributed by atoms with Gasteiger partial charge >= 0.3 is 5.97 Å². The number of aliphatic hydroxyl groups excluding tert-OH is 2. The predicted molar refractivity (Wildman–Crippen MR) is 71.6 cm³/mol. The summed E-state index contributed by atoms with van der Waals surface area (Å²) in [7, 11) is 0. The molecule has 2 N–H and O–H groups in total. The fraction of sp³-hybridized carbons (Fsp3) is 0.857. The van der Waals surface area contributed by atoms with E-state index >= 15 is 0 Å². The number of unbranched alkanes of at least 4 members (excludes halogenated alkanes) is 4. The Balaban J connectivity index is 3.59. The van der Waals surface area contributed by atoms with E-state index in [4.69, 9.17) is 14.9 Å². The summed E-state index contributed by atoms with van der Waals surface area (Å²) in [5, 5.41) is 17.6. The van der Waals surface area contributed by atoms with Gasteiger partial charge in [-0.3, -0.25) is 4.79 Å². The second-order valence-electron chi connectivity index (χ2n) is 4.94. The van der Waals surface area contributed by atoms with E-state index in [0.717, 1.165) is 38.4 Å². The summed E-state index contributed by atoms with van der Waals surface area (Å²) in [5.74, 6) is -0.141. The maximum absolute atomic E-state index is 11.5. The minimum Gasteiger partial charge on any atom is -0.457 e. The highest BCUT2D eigenvalue weighted by Crippen LogP contribution is 2.15. The van der Waals surface area contributed by atoms with Crippen LogP contribution in [-0.2, 0) is 14.3 Å². The van der Waals surface area contributed by atoms with Gasteiger partial charge in [-0.05, 0) is 12.3 Å². The third-order valence-electron chi connectivity index (χ3n) is 2.99. The van der Waals surface area contributed by atoms with E-state index < -0.39 is 6.10 Å². The molecule has 0 saturated carbocycles. The summed E-state index contributed by atoms with van der Waals surface area (Å²) in [5.41, 5.74) is 0. The van der Waals surface area contributed by atoms with Crippen molar-refractivity contribution in [3.05, 3.63) is 0 Å². The topological polar surface area (TPSA) is 83.8 Å². The molecule has 0 aromatic heterocycles. The predicted octanol–water partition coefficient (Wildman–Crippen LogP) is 1.45. The van der Waals surface area contributed by atoms with E-state index in [1.807, 2.05) is 6.92 Å². The zero-order valence-corrected chi connectivity index (χ0v) is 11.7. The molecule has 0 spiro atoms. The number of aldehydes is 1. The first kappa shape index (κ1) is 18.1. The SMILES string of the molecule is CC(CCCCCCC=O)CC(=O)OC(CO)CO. The molecule has 0 aliphatic carbocycles. The smallest absolute Gasteiger partial charge is 0.306 e. The molecule has 5 nitrogen and oxygen atoms in total. The van der Waals surface area contributed by atoms with Gasteiger partial charge in [0.25, 0.3) is 0 Å². The van der Waals surface area contributed by atoms with Crippen LogP contribution in [0.4, 0.5) is 0 Å². The second-order valence-corrected chi connectivity index (χ2v) is 4.94. The molecule has 0 rings (SSSR count). The van der Waals surface area contributed by atoms with Gasteiger partial charge in [0.2, 0.25) is 0 Å². The summed E-state index contributed by atoms with van der Waals surface area (Å²) in [4.78, 5) is 21.6. The second kappa shape index (κ2) is 12.1. The molecule has 0 radical (unpaired) electrons. The van der Waals surface area contributed by atoms with Crippen molar-refractivity contribution < 1.29 is 24.5 Å². The van der Waals surface area contributed by atoms with Gasteiger partial charge in [0.05, 0.1) is 13.2 Å². The number of rotatable bonds is 12. The molecular formula is C14H26O5. The van der Waals surface area contributed by atoms with Gasteiger partial charge < -0.3 is 19.7 Å². The first-order valence-electron chi connectivity index (χ1n) is 6.98. The van der Waals surface area contributed by atoms with Crippen LogP contribution in [0.1, 0.15) is 51.9 Å². The van der Waals surface area contributed by atoms with Gasteiger partial charge in [-0.15, -0.1) is 0 Å². The van der Waals surface area contributed by atoms with Crippen molar-refractivity contribution in [2.45, 2.75) is 58.0 Å². The molecule has 0 aromatic rings. The largest absolute Gasteiger partial charge is 0.457 e. The highest BCUT2D eigenvalue weighted by molar-refractivity contribution is 5.69. The van der Waals surface area contributed by atoms with Crippen molar-refractivity contribution in [1.82, 2.24) is 0 Å². The summed E-state index contributed by atoms with van der Waals surface area (Å²) in [6, 6.07) is 0. The molecule has 0 aliphatic heterocycles. The average molecular weight is 274 g/mol. The van der Waals surface area contributed by atoms with E-state index in [-0.39, 0.29) is 25.1 Å². The average Bonchev–Trinajstić information content (AvgIpc) is 2.39. The number of esters is 1. The lowest BCUT2D eigenvalue weighted by Gasteiger charge is -2.15. The summed E-state index contributed by atoms with van der Waals surface area (Å²) >= 11 is 0. The third-order valence-corrected chi connectivity index (χ3v) is 2.99. The first-order chi connectivity index (χ1) is 9.13. The zero-order chi connectivity index (χ0) is 14.5. The lowest BCUT2D eigenvalue weighted by molar-refractivity contribution is -0.154. The number of ether oxygens (including phenoxy) is 1. The zero-order valence-electron chi connectivity index (χ0n) is 11.7. The van der Waals surface area contributed by atoms with Crippen molar-refractivity contribution in [3.8, 4) is 0 Å². The van der Waals surface area contributed by atoms with Crippen LogP contribution in [0.2, 0.25) is 0 Å². The van der Waals surface area contributed by atoms with Crippen LogP contribution in [0.3, 0.4) is 0 Å². The molecule has 0 aliphatic rings. The molecule has 112 valence electrons. The standard InChI is InChI=1S/C14H26O5/c1-12(7-5-3-2-4-6-8-15)9-14(18)19-13(10-16)11-17/h8,12-13,16-17H,2-7,9-11H2,1H3. The van der Waals surface area contributed by atoms with Crippen molar-refractivity contribution in [3.63, 3.8) is 0 Å². The summed E-state index contributed by atoms with van der Waals surface area (Å²) in [6.45, 7) is 1.28. The van der Waals surface area contributed by atoms with Crippen LogP contribution < -0.4 is 0 Å². The van der Waals surface area contributed by atoms with Gasteiger partial charge in [0.15, 0.2) is 0 Å². The molecular weight excluding hydrogens is 248 g/mol. The lowest BCUT2D eigenvalue weighted by Crippen LogP contribution is -2.26. The first-order valence-corrected chi connectivity index (χ1v) is 6.98. The van der Waals surface area contributed by atoms with Crippen LogP contribution in [0.5, 0.6) is 0 Å². The highest BCUT2D eigenvalue weighted by Gasteiger charge is 2.15. The maximum atomic E-state index is 11.5. The fourth-order valence-corrected chi connectivity index (χ4v) is 1.83. The van der Waals surface area contributed by atoms with Gasteiger partial charge in [0, 0.05) is 12.8 Å². The third kappa shape index (κ3) is 10.7. The number of aliphatic hydroxyl groups is 2. The molecule has 0 amide bonds. The fourth-order valence-electron chi connectivity index (χ4n) is 1.83. The monoisotopic (exact) mass is 274 g/mol. The Morgan fingerprint density at radius 2 is 1.79 bits per heavy atom. The molecule has 1 atom stereocenters. The van der Waals surface area contributed by atoms with Gasteiger partial charge in [-0.2, -0.15) is 0 Å². The van der Waals surface area contributed by atoms with Crippen molar-refractivity contribution in [1.29, 1.82) is 0 Å². The number of carbonyl (C=O) groups excluding carboxylic acids is 2. The normalized spacial score (nSPS) is 12.4. The Morgan fingerprint density at radius 1 is 1.16 bits per heavy atom. The van der Waals surface area contributed by atoms with Crippen LogP contribution >= 0.6 is 0 Å². The summed E-state index contributed by atoms with van der Waals surface area (Å²) in [6.07, 6.45) is 6.12. The van der Waals surface area contributed by atoms with E-state index in [1.54, 1.807) is 0 Å². The number of carbonyl (C=O) groups is 2. The molecule has 0 bridgehead atoms. The molecule has 5 heteroatoms. The highest BCUT2D eigenvalue weighted by atomic mass is 16.6. The van der Waals surface area contributed by atoms with Crippen LogP contribution in [-0.4, -0.2) is 41.8 Å². The Labute approximate surface area is 115 Å². The van der Waals surface area contributed by atoms with Crippen molar-refractivity contribution in [2.24, 2.45) is 5.92 Å². The Kier molecular flexibility index (Phi) is 11.5. The van der Waals surface area contributed by atoms with E-state index in [0.29, 0.717) is 12.8 Å². The molecule has 0 aromatic carbocycles. The molecule has 1 unspecified atom stereocenters. The quantitative estimate of drug-likeness (QED) is 0.320. The molecule has 0 saturated heterocycles. The van der Waals surface area contributed by atoms with Gasteiger partial charge in [-0.25, -0.2) is 0 Å². The van der Waals surface area contributed by atoms with E-state index in [9.17, 15) is 9.59 Å². The van der Waals surface area contributed by atoms with Gasteiger partial charge in [-0.1, -0.05) is 32.6 Å². The summed E-state index contributed by atoms with van der Waals surface area (Å²) < 4.78 is 4.90. The van der Waals surface area contributed by atoms with Crippen LogP contribution in [0.25, 0.3) is 0 Å². The molecule has 19 heavy (non-hydrogen) atoms. The molecule has 0 fully saturated rings.